The third-order valence-corrected chi connectivity index (χ3v) is 14.6. The van der Waals surface area contributed by atoms with E-state index in [1.807, 2.05) is 11.3 Å². The molecular formula is C57H38N2S. The van der Waals surface area contributed by atoms with Crippen molar-refractivity contribution in [1.82, 2.24) is 5.32 Å². The van der Waals surface area contributed by atoms with Crippen LogP contribution in [0.4, 0.5) is 0 Å². The fraction of sp³-hybridized carbons (Fsp3) is 0.0702. The average molecular weight is 783 g/mol. The van der Waals surface area contributed by atoms with E-state index in [4.69, 9.17) is 4.99 Å². The lowest BCUT2D eigenvalue weighted by Crippen LogP contribution is -2.42. The summed E-state index contributed by atoms with van der Waals surface area (Å²) in [4.78, 5) is 5.41. The number of hydrogen-bond acceptors (Lipinski definition) is 3. The molecule has 1 N–H and O–H groups in total. The monoisotopic (exact) mass is 782 g/mol. The number of allylic oxidation sites excluding steroid dienone is 2. The molecule has 3 heteroatoms. The summed E-state index contributed by atoms with van der Waals surface area (Å²) in [6.45, 7) is 0. The Hall–Kier alpha value is -7.07. The Balaban J connectivity index is 0.964. The van der Waals surface area contributed by atoms with Crippen molar-refractivity contribution in [2.24, 2.45) is 4.99 Å². The molecule has 0 amide bonds. The Morgan fingerprint density at radius 1 is 0.550 bits per heavy atom. The van der Waals surface area contributed by atoms with Gasteiger partial charge in [0.25, 0.3) is 0 Å². The molecule has 60 heavy (non-hydrogen) atoms. The summed E-state index contributed by atoms with van der Waals surface area (Å²) < 4.78 is 2.48. The number of benzene rings is 8. The lowest BCUT2D eigenvalue weighted by molar-refractivity contribution is 0.679. The van der Waals surface area contributed by atoms with E-state index >= 15 is 0 Å². The smallest absolute Gasteiger partial charge is 0.145 e. The van der Waals surface area contributed by atoms with Gasteiger partial charge in [-0.3, -0.25) is 4.99 Å². The summed E-state index contributed by atoms with van der Waals surface area (Å²) >= 11 is 1.82. The topological polar surface area (TPSA) is 24.4 Å². The second kappa shape index (κ2) is 13.0. The maximum absolute atomic E-state index is 5.41. The van der Waals surface area contributed by atoms with Gasteiger partial charge in [0.15, 0.2) is 0 Å². The summed E-state index contributed by atoms with van der Waals surface area (Å²) in [6, 6.07) is 67.6. The van der Waals surface area contributed by atoms with Gasteiger partial charge in [0.2, 0.25) is 0 Å². The minimum absolute atomic E-state index is 0.169. The van der Waals surface area contributed by atoms with E-state index < -0.39 is 5.41 Å². The van der Waals surface area contributed by atoms with E-state index in [1.54, 1.807) is 0 Å². The summed E-state index contributed by atoms with van der Waals surface area (Å²) in [5.74, 6) is 0.234. The van der Waals surface area contributed by atoms with Crippen molar-refractivity contribution >= 4 is 37.9 Å². The van der Waals surface area contributed by atoms with Gasteiger partial charge in [0, 0.05) is 16.0 Å². The van der Waals surface area contributed by atoms with Crippen LogP contribution in [0.2, 0.25) is 0 Å². The van der Waals surface area contributed by atoms with E-state index in [0.29, 0.717) is 0 Å². The minimum Gasteiger partial charge on any atom is -0.358 e. The van der Waals surface area contributed by atoms with Gasteiger partial charge >= 0.3 is 0 Å². The van der Waals surface area contributed by atoms with Crippen molar-refractivity contribution in [1.29, 1.82) is 0 Å². The molecule has 282 valence electrons. The van der Waals surface area contributed by atoms with Gasteiger partial charge in [-0.05, 0) is 102 Å². The van der Waals surface area contributed by atoms with Gasteiger partial charge in [-0.1, -0.05) is 188 Å². The highest BCUT2D eigenvalue weighted by Crippen LogP contribution is 2.65. The van der Waals surface area contributed by atoms with E-state index in [9.17, 15) is 0 Å². The van der Waals surface area contributed by atoms with E-state index in [1.165, 1.54) is 97.7 Å². The quantitative estimate of drug-likeness (QED) is 0.189. The fourth-order valence-electron chi connectivity index (χ4n) is 10.9. The van der Waals surface area contributed by atoms with Gasteiger partial charge in [0.05, 0.1) is 21.0 Å². The van der Waals surface area contributed by atoms with Crippen LogP contribution in [0.25, 0.3) is 59.9 Å². The van der Waals surface area contributed by atoms with Crippen molar-refractivity contribution in [3.8, 4) is 33.4 Å². The summed E-state index contributed by atoms with van der Waals surface area (Å²) in [5, 5.41) is 8.76. The SMILES string of the molecule is C1=CC(c2ccc3c(c2)C2(c4ccccc4-c4ccccc42)c2cc4ccccc4c(-c4ccccc4)c2-3)CC=C1C1N=c2c(sc3ccccc23)=C(c2ccccc2)N1. The lowest BCUT2D eigenvalue weighted by atomic mass is 9.69. The zero-order valence-electron chi connectivity index (χ0n) is 32.8. The largest absolute Gasteiger partial charge is 0.358 e. The van der Waals surface area contributed by atoms with Crippen LogP contribution in [0, 0.1) is 0 Å². The number of rotatable bonds is 4. The third kappa shape index (κ3) is 4.72. The molecule has 1 aromatic heterocycles. The Morgan fingerprint density at radius 3 is 1.97 bits per heavy atom. The molecule has 2 nitrogen and oxygen atoms in total. The van der Waals surface area contributed by atoms with E-state index in [2.05, 4.69) is 206 Å². The van der Waals surface area contributed by atoms with Crippen LogP contribution in [-0.4, -0.2) is 6.17 Å². The lowest BCUT2D eigenvalue weighted by Gasteiger charge is -2.31. The second-order valence-corrected chi connectivity index (χ2v) is 17.6. The van der Waals surface area contributed by atoms with Gasteiger partial charge < -0.3 is 5.32 Å². The molecule has 0 saturated carbocycles. The molecule has 9 aromatic rings. The van der Waals surface area contributed by atoms with E-state index in [0.717, 1.165) is 17.5 Å². The molecule has 0 radical (unpaired) electrons. The maximum atomic E-state index is 5.41. The molecule has 1 aliphatic heterocycles. The predicted molar refractivity (Wildman–Crippen MR) is 249 cm³/mol. The Kier molecular flexibility index (Phi) is 7.32. The first-order chi connectivity index (χ1) is 29.8. The molecule has 1 spiro atoms. The van der Waals surface area contributed by atoms with Crippen LogP contribution in [0.1, 0.15) is 45.7 Å². The van der Waals surface area contributed by atoms with Crippen molar-refractivity contribution in [3.63, 3.8) is 0 Å². The van der Waals surface area contributed by atoms with Crippen LogP contribution in [0.15, 0.2) is 211 Å². The number of nitrogens with one attached hydrogen (secondary N) is 1. The molecule has 4 aliphatic rings. The van der Waals surface area contributed by atoms with E-state index in [-0.39, 0.29) is 12.1 Å². The molecule has 0 saturated heterocycles. The first kappa shape index (κ1) is 33.9. The highest BCUT2D eigenvalue weighted by atomic mass is 32.1. The maximum Gasteiger partial charge on any atom is 0.145 e. The highest BCUT2D eigenvalue weighted by molar-refractivity contribution is 7.17. The standard InChI is InChI=1S/C57H38N2S/c1-3-15-36(16-4-1)51-41-20-8-7-19-40(41)34-49-52(51)44-32-31-39(33-48(44)57(49)46-24-12-9-21-42(46)43-22-10-13-25-47(43)57)35-27-29-38(30-28-35)56-58-53(37-17-5-2-6-18-37)55-54(59-56)45-23-11-14-26-50(45)60-55/h1-27,29-35,56,58H,28H2. The fourth-order valence-corrected chi connectivity index (χ4v) is 12.0. The van der Waals surface area contributed by atoms with Crippen LogP contribution in [-0.2, 0) is 5.41 Å². The third-order valence-electron chi connectivity index (χ3n) is 13.5. The minimum atomic E-state index is -0.448. The van der Waals surface area contributed by atoms with Crippen molar-refractivity contribution in [2.45, 2.75) is 23.9 Å². The summed E-state index contributed by atoms with van der Waals surface area (Å²) in [7, 11) is 0. The molecule has 2 heterocycles. The first-order valence-corrected chi connectivity index (χ1v) is 21.8. The number of thiophene rings is 1. The number of fused-ring (bicyclic) bond motifs is 14. The molecule has 2 unspecified atom stereocenters. The van der Waals surface area contributed by atoms with Crippen LogP contribution in [0.5, 0.6) is 0 Å². The molecule has 2 atom stereocenters. The van der Waals surface area contributed by atoms with Gasteiger partial charge in [0.1, 0.15) is 6.17 Å². The number of hydrogen-bond donors (Lipinski definition) is 1. The first-order valence-electron chi connectivity index (χ1n) is 21.0. The highest BCUT2D eigenvalue weighted by Gasteiger charge is 2.52. The Bertz CT molecular complexity index is 3400. The summed E-state index contributed by atoms with van der Waals surface area (Å²) in [5.41, 5.74) is 17.9. The molecule has 0 fully saturated rings. The van der Waals surface area contributed by atoms with Crippen molar-refractivity contribution in [3.05, 3.63) is 249 Å². The molecular weight excluding hydrogens is 745 g/mol. The predicted octanol–water partition coefficient (Wildman–Crippen LogP) is 12.4. The normalized spacial score (nSPS) is 17.7. The van der Waals surface area contributed by atoms with Crippen LogP contribution < -0.4 is 15.2 Å². The van der Waals surface area contributed by atoms with Crippen LogP contribution in [0.3, 0.4) is 0 Å². The van der Waals surface area contributed by atoms with Gasteiger partial charge in [-0.15, -0.1) is 11.3 Å². The zero-order chi connectivity index (χ0) is 39.4. The van der Waals surface area contributed by atoms with Crippen molar-refractivity contribution in [2.75, 3.05) is 0 Å². The summed E-state index contributed by atoms with van der Waals surface area (Å²) in [6.07, 6.45) is 7.91. The molecule has 3 aliphatic carbocycles. The van der Waals surface area contributed by atoms with Crippen molar-refractivity contribution < 1.29 is 0 Å². The molecule has 13 rings (SSSR count). The molecule has 8 aromatic carbocycles. The second-order valence-electron chi connectivity index (χ2n) is 16.5. The zero-order valence-corrected chi connectivity index (χ0v) is 33.6. The molecule has 0 bridgehead atoms. The number of nitrogens with zero attached hydrogens (tertiary/aromatic N) is 1. The van der Waals surface area contributed by atoms with Crippen LogP contribution >= 0.6 is 11.3 Å². The Morgan fingerprint density at radius 2 is 1.22 bits per heavy atom. The Labute approximate surface area is 352 Å². The van der Waals surface area contributed by atoms with Gasteiger partial charge in [-0.25, -0.2) is 0 Å². The van der Waals surface area contributed by atoms with Gasteiger partial charge in [-0.2, -0.15) is 0 Å². The average Bonchev–Trinajstić information content (AvgIpc) is 3.95.